The number of aliphatic hydroxyl groups is 1. The fourth-order valence-electron chi connectivity index (χ4n) is 2.77. The second kappa shape index (κ2) is 2.45. The van der Waals surface area contributed by atoms with Crippen molar-refractivity contribution in [3.8, 4) is 0 Å². The van der Waals surface area contributed by atoms with Crippen molar-refractivity contribution in [1.82, 2.24) is 10.2 Å². The van der Waals surface area contributed by atoms with Crippen LogP contribution < -0.4 is 0 Å². The van der Waals surface area contributed by atoms with Crippen LogP contribution in [-0.2, 0) is 6.42 Å². The van der Waals surface area contributed by atoms with Crippen molar-refractivity contribution < 1.29 is 9.90 Å². The third-order valence-corrected chi connectivity index (χ3v) is 3.55. The minimum absolute atomic E-state index is 0.0561. The van der Waals surface area contributed by atoms with Crippen molar-refractivity contribution in [2.24, 2.45) is 11.8 Å². The number of hydrogen-bond donors (Lipinski definition) is 2. The number of fused-ring (bicyclic) bond motifs is 3. The Hall–Kier alpha value is -1.16. The van der Waals surface area contributed by atoms with Crippen molar-refractivity contribution in [3.63, 3.8) is 0 Å². The maximum Gasteiger partial charge on any atom is 0.177 e. The molecule has 2 aliphatic carbocycles. The number of nitrogens with one attached hydrogen (secondary N) is 1. The SMILES string of the molecule is CC(=O)c1[nH]nc2c1CC1C(CO)C21. The smallest absolute Gasteiger partial charge is 0.177 e. The van der Waals surface area contributed by atoms with Gasteiger partial charge in [-0.15, -0.1) is 0 Å². The number of nitrogens with zero attached hydrogens (tertiary/aromatic N) is 1. The average Bonchev–Trinajstić information content (AvgIpc) is 2.55. The fourth-order valence-corrected chi connectivity index (χ4v) is 2.77. The Kier molecular flexibility index (Phi) is 1.43. The van der Waals surface area contributed by atoms with E-state index in [9.17, 15) is 4.79 Å². The summed E-state index contributed by atoms with van der Waals surface area (Å²) in [4.78, 5) is 11.2. The van der Waals surface area contributed by atoms with Gasteiger partial charge in [0.2, 0.25) is 0 Å². The summed E-state index contributed by atoms with van der Waals surface area (Å²) < 4.78 is 0. The Balaban J connectivity index is 1.99. The van der Waals surface area contributed by atoms with Crippen LogP contribution in [0.4, 0.5) is 0 Å². The standard InChI is InChI=1S/C10H12N2O2/c1-4(14)9-6-2-5-7(3-13)8(5)10(6)12-11-9/h5,7-8,13H,2-3H2,1H3,(H,11,12). The van der Waals surface area contributed by atoms with Crippen LogP contribution in [0.2, 0.25) is 0 Å². The molecule has 1 saturated carbocycles. The summed E-state index contributed by atoms with van der Waals surface area (Å²) in [6.07, 6.45) is 0.913. The highest BCUT2D eigenvalue weighted by molar-refractivity contribution is 5.94. The normalized spacial score (nSPS) is 32.6. The van der Waals surface area contributed by atoms with Crippen molar-refractivity contribution in [2.45, 2.75) is 19.3 Å². The van der Waals surface area contributed by atoms with Crippen molar-refractivity contribution in [3.05, 3.63) is 17.0 Å². The second-order valence-corrected chi connectivity index (χ2v) is 4.26. The molecule has 0 spiro atoms. The fraction of sp³-hybridized carbons (Fsp3) is 0.600. The summed E-state index contributed by atoms with van der Waals surface area (Å²) in [6, 6.07) is 0. The molecule has 0 aromatic carbocycles. The van der Waals surface area contributed by atoms with Crippen LogP contribution in [0.15, 0.2) is 0 Å². The van der Waals surface area contributed by atoms with Gasteiger partial charge in [0.05, 0.1) is 5.69 Å². The van der Waals surface area contributed by atoms with Gasteiger partial charge >= 0.3 is 0 Å². The van der Waals surface area contributed by atoms with Gasteiger partial charge in [-0.05, 0) is 18.3 Å². The molecule has 0 aliphatic heterocycles. The lowest BCUT2D eigenvalue weighted by molar-refractivity contribution is 0.101. The Labute approximate surface area is 81.3 Å². The van der Waals surface area contributed by atoms with E-state index in [4.69, 9.17) is 5.11 Å². The van der Waals surface area contributed by atoms with Crippen LogP contribution >= 0.6 is 0 Å². The number of ketones is 1. The maximum atomic E-state index is 11.2. The Morgan fingerprint density at radius 3 is 3.14 bits per heavy atom. The Bertz CT molecular complexity index is 410. The molecule has 2 N–H and O–H groups in total. The van der Waals surface area contributed by atoms with Gasteiger partial charge < -0.3 is 5.11 Å². The summed E-state index contributed by atoms with van der Waals surface area (Å²) in [5.74, 6) is 1.41. The second-order valence-electron chi connectivity index (χ2n) is 4.26. The molecule has 14 heavy (non-hydrogen) atoms. The topological polar surface area (TPSA) is 66.0 Å². The van der Waals surface area contributed by atoms with Gasteiger partial charge in [-0.2, -0.15) is 5.10 Å². The zero-order valence-electron chi connectivity index (χ0n) is 7.95. The first-order valence-electron chi connectivity index (χ1n) is 4.93. The van der Waals surface area contributed by atoms with Gasteiger partial charge in [-0.25, -0.2) is 0 Å². The molecule has 2 aliphatic rings. The largest absolute Gasteiger partial charge is 0.396 e. The summed E-state index contributed by atoms with van der Waals surface area (Å²) >= 11 is 0. The van der Waals surface area contributed by atoms with E-state index in [2.05, 4.69) is 10.2 Å². The van der Waals surface area contributed by atoms with Crippen molar-refractivity contribution >= 4 is 5.78 Å². The van der Waals surface area contributed by atoms with E-state index < -0.39 is 0 Å². The number of H-pyrrole nitrogens is 1. The third-order valence-electron chi connectivity index (χ3n) is 3.55. The van der Waals surface area contributed by atoms with Crippen LogP contribution in [0.5, 0.6) is 0 Å². The summed E-state index contributed by atoms with van der Waals surface area (Å²) in [6.45, 7) is 1.80. The molecule has 1 aromatic rings. The number of rotatable bonds is 2. The van der Waals surface area contributed by atoms with Gasteiger partial charge in [0.1, 0.15) is 5.69 Å². The maximum absolute atomic E-state index is 11.2. The van der Waals surface area contributed by atoms with Crippen LogP contribution in [0.1, 0.15) is 34.6 Å². The van der Waals surface area contributed by atoms with E-state index in [1.807, 2.05) is 0 Å². The number of Topliss-reactive ketones (excluding diaryl/α,β-unsaturated/α-hetero) is 1. The van der Waals surface area contributed by atoms with Gasteiger partial charge in [0.25, 0.3) is 0 Å². The number of hydrogen-bond acceptors (Lipinski definition) is 3. The lowest BCUT2D eigenvalue weighted by Gasteiger charge is -1.99. The highest BCUT2D eigenvalue weighted by Gasteiger charge is 2.57. The molecule has 4 heteroatoms. The van der Waals surface area contributed by atoms with Gasteiger partial charge in [0, 0.05) is 25.0 Å². The third kappa shape index (κ3) is 0.817. The lowest BCUT2D eigenvalue weighted by Crippen LogP contribution is -2.01. The summed E-state index contributed by atoms with van der Waals surface area (Å²) in [5, 5.41) is 16.0. The molecule has 0 amide bonds. The molecule has 0 saturated heterocycles. The molecule has 1 fully saturated rings. The van der Waals surface area contributed by atoms with Gasteiger partial charge in [0.15, 0.2) is 5.78 Å². The molecule has 3 atom stereocenters. The van der Waals surface area contributed by atoms with Crippen molar-refractivity contribution in [2.75, 3.05) is 6.61 Å². The van der Waals surface area contributed by atoms with Crippen molar-refractivity contribution in [1.29, 1.82) is 0 Å². The molecular weight excluding hydrogens is 180 g/mol. The molecule has 74 valence electrons. The van der Waals surface area contributed by atoms with E-state index in [-0.39, 0.29) is 12.4 Å². The number of aromatic amines is 1. The van der Waals surface area contributed by atoms with E-state index in [0.717, 1.165) is 17.7 Å². The highest BCUT2D eigenvalue weighted by Crippen LogP contribution is 2.60. The van der Waals surface area contributed by atoms with Crippen LogP contribution in [0.3, 0.4) is 0 Å². The van der Waals surface area contributed by atoms with E-state index in [1.54, 1.807) is 6.92 Å². The van der Waals surface area contributed by atoms with Gasteiger partial charge in [-0.1, -0.05) is 0 Å². The monoisotopic (exact) mass is 192 g/mol. The zero-order chi connectivity index (χ0) is 9.87. The summed E-state index contributed by atoms with van der Waals surface area (Å²) in [5.41, 5.74) is 2.79. The number of aliphatic hydroxyl groups excluding tert-OH is 1. The van der Waals surface area contributed by atoms with Crippen LogP contribution in [-0.4, -0.2) is 27.7 Å². The minimum atomic E-state index is 0.0561. The zero-order valence-corrected chi connectivity index (χ0v) is 7.95. The molecule has 3 rings (SSSR count). The van der Waals surface area contributed by atoms with E-state index in [1.165, 1.54) is 0 Å². The molecule has 0 radical (unpaired) electrons. The first kappa shape index (κ1) is 8.17. The first-order valence-corrected chi connectivity index (χ1v) is 4.93. The first-order chi connectivity index (χ1) is 6.74. The minimum Gasteiger partial charge on any atom is -0.396 e. The number of carbonyl (C=O) groups excluding carboxylic acids is 1. The van der Waals surface area contributed by atoms with Gasteiger partial charge in [-0.3, -0.25) is 9.89 Å². The molecule has 4 nitrogen and oxygen atoms in total. The molecular formula is C10H12N2O2. The molecule has 1 aromatic heterocycles. The quantitative estimate of drug-likeness (QED) is 0.670. The number of aromatic nitrogens is 2. The molecule has 0 bridgehead atoms. The lowest BCUT2D eigenvalue weighted by atomic mass is 10.1. The predicted molar refractivity (Wildman–Crippen MR) is 49.1 cm³/mol. The Morgan fingerprint density at radius 1 is 1.71 bits per heavy atom. The van der Waals surface area contributed by atoms with Crippen LogP contribution in [0, 0.1) is 11.8 Å². The Morgan fingerprint density at radius 2 is 2.50 bits per heavy atom. The predicted octanol–water partition coefficient (Wildman–Crippen LogP) is 0.490. The molecule has 3 unspecified atom stereocenters. The van der Waals surface area contributed by atoms with E-state index >= 15 is 0 Å². The number of carbonyl (C=O) groups is 1. The highest BCUT2D eigenvalue weighted by atomic mass is 16.3. The van der Waals surface area contributed by atoms with E-state index in [0.29, 0.717) is 23.4 Å². The molecule has 1 heterocycles. The summed E-state index contributed by atoms with van der Waals surface area (Å²) in [7, 11) is 0. The average molecular weight is 192 g/mol. The van der Waals surface area contributed by atoms with Crippen LogP contribution in [0.25, 0.3) is 0 Å².